The van der Waals surface area contributed by atoms with Crippen LogP contribution in [-0.4, -0.2) is 64.1 Å². The lowest BCUT2D eigenvalue weighted by molar-refractivity contribution is 0.0540. The zero-order valence-electron chi connectivity index (χ0n) is 20.2. The number of carbonyl (C=O) groups excluding carboxylic acids is 1. The zero-order chi connectivity index (χ0) is 24.8. The van der Waals surface area contributed by atoms with Gasteiger partial charge in [0, 0.05) is 31.6 Å². The Morgan fingerprint density at radius 2 is 2.03 bits per heavy atom. The first kappa shape index (κ1) is 24.5. The van der Waals surface area contributed by atoms with Crippen LogP contribution in [0.15, 0.2) is 18.2 Å². The van der Waals surface area contributed by atoms with Crippen LogP contribution in [0.2, 0.25) is 0 Å². The number of nitrogen functional groups attached to an aromatic ring is 1. The van der Waals surface area contributed by atoms with Crippen LogP contribution in [0.5, 0.6) is 11.8 Å². The van der Waals surface area contributed by atoms with Crippen molar-refractivity contribution in [3.05, 3.63) is 35.0 Å². The third-order valence-corrected chi connectivity index (χ3v) is 6.15. The van der Waals surface area contributed by atoms with Gasteiger partial charge < -0.3 is 25.7 Å². The van der Waals surface area contributed by atoms with Crippen LogP contribution in [0.1, 0.15) is 49.4 Å². The average Bonchev–Trinajstić information content (AvgIpc) is 3.24. The second-order valence-electron chi connectivity index (χ2n) is 8.73. The first-order valence-electron chi connectivity index (χ1n) is 11.9. The summed E-state index contributed by atoms with van der Waals surface area (Å²) in [5, 5.41) is 7.36. The molecule has 0 unspecified atom stereocenters. The first-order valence-corrected chi connectivity index (χ1v) is 11.9. The van der Waals surface area contributed by atoms with E-state index in [2.05, 4.69) is 50.2 Å². The minimum Gasteiger partial charge on any atom is -0.496 e. The Bertz CT molecular complexity index is 1160. The van der Waals surface area contributed by atoms with Gasteiger partial charge in [-0.05, 0) is 30.9 Å². The number of ether oxygens (including phenoxy) is 3. The number of anilines is 1. The molecule has 1 saturated heterocycles. The minimum atomic E-state index is -0.705. The van der Waals surface area contributed by atoms with Crippen molar-refractivity contribution in [3.63, 3.8) is 0 Å². The molecule has 3 aromatic rings. The van der Waals surface area contributed by atoms with Gasteiger partial charge in [-0.3, -0.25) is 10.00 Å². The van der Waals surface area contributed by atoms with Crippen LogP contribution in [0.3, 0.4) is 0 Å². The first-order chi connectivity index (χ1) is 17.0. The van der Waals surface area contributed by atoms with Gasteiger partial charge in [0.15, 0.2) is 11.3 Å². The minimum absolute atomic E-state index is 0.0969. The van der Waals surface area contributed by atoms with Crippen molar-refractivity contribution in [2.24, 2.45) is 5.73 Å². The highest BCUT2D eigenvalue weighted by Crippen LogP contribution is 2.28. The number of hydrogen-bond acceptors (Lipinski definition) is 9. The summed E-state index contributed by atoms with van der Waals surface area (Å²) < 4.78 is 16.5. The van der Waals surface area contributed by atoms with Crippen molar-refractivity contribution >= 4 is 22.9 Å². The Morgan fingerprint density at radius 1 is 1.23 bits per heavy atom. The van der Waals surface area contributed by atoms with Crippen molar-refractivity contribution in [3.8, 4) is 11.8 Å². The molecule has 2 aromatic heterocycles. The fourth-order valence-corrected chi connectivity index (χ4v) is 4.27. The number of rotatable bonds is 10. The fraction of sp³-hybridized carbons (Fsp3) is 0.500. The van der Waals surface area contributed by atoms with E-state index in [1.165, 1.54) is 0 Å². The number of nitrogens with one attached hydrogen (secondary N) is 1. The quantitative estimate of drug-likeness (QED) is 0.369. The van der Waals surface area contributed by atoms with Crippen molar-refractivity contribution in [2.45, 2.75) is 51.7 Å². The number of hydrogen-bond donors (Lipinski definition) is 3. The van der Waals surface area contributed by atoms with Crippen molar-refractivity contribution < 1.29 is 19.0 Å². The van der Waals surface area contributed by atoms with Crippen LogP contribution in [0.25, 0.3) is 11.0 Å². The summed E-state index contributed by atoms with van der Waals surface area (Å²) in [6.45, 7) is 5.10. The Hall–Kier alpha value is -3.60. The molecule has 5 N–H and O–H groups in total. The summed E-state index contributed by atoms with van der Waals surface area (Å²) >= 11 is 0. The second kappa shape index (κ2) is 11.2. The number of nitrogens with zero attached hydrogens (tertiary/aromatic N) is 4. The number of amides is 1. The Morgan fingerprint density at radius 3 is 2.74 bits per heavy atom. The molecule has 1 aliphatic rings. The van der Waals surface area contributed by atoms with Gasteiger partial charge in [0.2, 0.25) is 0 Å². The van der Waals surface area contributed by atoms with Gasteiger partial charge in [-0.1, -0.05) is 25.5 Å². The molecule has 35 heavy (non-hydrogen) atoms. The van der Waals surface area contributed by atoms with E-state index in [4.69, 9.17) is 25.7 Å². The Kier molecular flexibility index (Phi) is 7.86. The highest BCUT2D eigenvalue weighted by molar-refractivity contribution is 5.86. The van der Waals surface area contributed by atoms with Crippen molar-refractivity contribution in [1.82, 2.24) is 25.1 Å². The van der Waals surface area contributed by atoms with E-state index in [1.807, 2.05) is 0 Å². The van der Waals surface area contributed by atoms with Crippen LogP contribution in [0.4, 0.5) is 10.6 Å². The lowest BCUT2D eigenvalue weighted by atomic mass is 10.0. The van der Waals surface area contributed by atoms with Crippen LogP contribution in [0, 0.1) is 0 Å². The molecular formula is C24H33N7O4. The van der Waals surface area contributed by atoms with Crippen LogP contribution < -0.4 is 20.9 Å². The molecule has 4 rings (SSSR count). The average molecular weight is 484 g/mol. The number of H-pyrrole nitrogens is 1. The van der Waals surface area contributed by atoms with Crippen LogP contribution in [-0.2, 0) is 17.7 Å². The number of benzene rings is 1. The molecule has 0 spiro atoms. The molecule has 0 radical (unpaired) electrons. The molecule has 3 heterocycles. The topological polar surface area (TPSA) is 154 Å². The number of carbonyl (C=O) groups is 1. The molecule has 0 atom stereocenters. The molecular weight excluding hydrogens is 450 g/mol. The number of methoxy groups -OCH3 is 1. The highest BCUT2D eigenvalue weighted by Gasteiger charge is 2.22. The summed E-state index contributed by atoms with van der Waals surface area (Å²) in [7, 11) is 1.67. The number of aromatic nitrogens is 4. The van der Waals surface area contributed by atoms with E-state index in [-0.39, 0.29) is 17.9 Å². The largest absolute Gasteiger partial charge is 0.496 e. The maximum Gasteiger partial charge on any atom is 0.404 e. The highest BCUT2D eigenvalue weighted by atomic mass is 16.6. The molecule has 1 amide bonds. The predicted octanol–water partition coefficient (Wildman–Crippen LogP) is 2.77. The van der Waals surface area contributed by atoms with E-state index in [1.54, 1.807) is 7.11 Å². The van der Waals surface area contributed by atoms with Gasteiger partial charge in [-0.2, -0.15) is 15.1 Å². The maximum atomic E-state index is 11.0. The molecule has 0 saturated carbocycles. The van der Waals surface area contributed by atoms with E-state index in [9.17, 15) is 4.79 Å². The Labute approximate surface area is 204 Å². The smallest absolute Gasteiger partial charge is 0.404 e. The van der Waals surface area contributed by atoms with E-state index in [0.717, 1.165) is 67.9 Å². The molecule has 11 heteroatoms. The number of unbranched alkanes of at least 4 members (excludes halogenated alkanes) is 1. The van der Waals surface area contributed by atoms with Gasteiger partial charge in [0.05, 0.1) is 19.4 Å². The SMILES string of the molecule is CCCCOc1nc(N)c2n[nH]c(Cc3ccc(CN4CCC(OC(N)=O)CC4)cc3OC)c2n1. The third kappa shape index (κ3) is 6.10. The standard InChI is InChI=1S/C24H33N7O4/c1-3-4-11-34-24-27-20-18(29-30-21(20)22(25)28-24)13-16-6-5-15(12-19(16)33-2)14-31-9-7-17(8-10-31)35-23(26)32/h5-6,12,17H,3-4,7-11,13-14H2,1-2H3,(H2,26,32)(H,29,30)(H2,25,27,28). The van der Waals surface area contributed by atoms with Crippen molar-refractivity contribution in [1.29, 1.82) is 0 Å². The molecule has 188 valence electrons. The molecule has 1 aromatic carbocycles. The van der Waals surface area contributed by atoms with Crippen molar-refractivity contribution in [2.75, 3.05) is 32.5 Å². The van der Waals surface area contributed by atoms with E-state index < -0.39 is 6.09 Å². The monoisotopic (exact) mass is 483 g/mol. The number of primary amides is 1. The summed E-state index contributed by atoms with van der Waals surface area (Å²) in [6.07, 6.45) is 3.24. The normalized spacial score (nSPS) is 14.8. The number of likely N-dealkylation sites (tertiary alicyclic amines) is 1. The zero-order valence-corrected chi connectivity index (χ0v) is 20.2. The number of aromatic amines is 1. The lowest BCUT2D eigenvalue weighted by Gasteiger charge is -2.31. The number of piperidine rings is 1. The summed E-state index contributed by atoms with van der Waals surface area (Å²) in [6, 6.07) is 6.49. The van der Waals surface area contributed by atoms with Gasteiger partial charge in [0.25, 0.3) is 0 Å². The van der Waals surface area contributed by atoms with E-state index >= 15 is 0 Å². The molecule has 11 nitrogen and oxygen atoms in total. The van der Waals surface area contributed by atoms with Gasteiger partial charge in [-0.25, -0.2) is 4.79 Å². The fourth-order valence-electron chi connectivity index (χ4n) is 4.27. The molecule has 1 fully saturated rings. The summed E-state index contributed by atoms with van der Waals surface area (Å²) in [5.74, 6) is 1.08. The molecule has 0 aliphatic carbocycles. The Balaban J connectivity index is 1.46. The number of nitrogens with two attached hydrogens (primary N) is 2. The summed E-state index contributed by atoms with van der Waals surface area (Å²) in [4.78, 5) is 22.1. The maximum absolute atomic E-state index is 11.0. The predicted molar refractivity (Wildman–Crippen MR) is 131 cm³/mol. The van der Waals surface area contributed by atoms with Gasteiger partial charge >= 0.3 is 12.1 Å². The van der Waals surface area contributed by atoms with Gasteiger partial charge in [0.1, 0.15) is 17.4 Å². The van der Waals surface area contributed by atoms with E-state index in [0.29, 0.717) is 24.1 Å². The third-order valence-electron chi connectivity index (χ3n) is 6.15. The number of fused-ring (bicyclic) bond motifs is 1. The summed E-state index contributed by atoms with van der Waals surface area (Å²) in [5.41, 5.74) is 15.4. The van der Waals surface area contributed by atoms with Crippen LogP contribution >= 0.6 is 0 Å². The van der Waals surface area contributed by atoms with Gasteiger partial charge in [-0.15, -0.1) is 0 Å². The lowest BCUT2D eigenvalue weighted by Crippen LogP contribution is -2.38. The molecule has 0 bridgehead atoms. The second-order valence-corrected chi connectivity index (χ2v) is 8.73. The molecule has 1 aliphatic heterocycles.